The van der Waals surface area contributed by atoms with Gasteiger partial charge in [-0.05, 0) is 31.0 Å². The number of fused-ring (bicyclic) bond motifs is 3. The molecule has 0 saturated carbocycles. The van der Waals surface area contributed by atoms with E-state index in [1.807, 2.05) is 6.92 Å². The van der Waals surface area contributed by atoms with Gasteiger partial charge in [-0.3, -0.25) is 0 Å². The van der Waals surface area contributed by atoms with Gasteiger partial charge in [0, 0.05) is 34.9 Å². The molecule has 1 aromatic heterocycles. The molecule has 2 nitrogen and oxygen atoms in total. The van der Waals surface area contributed by atoms with Gasteiger partial charge in [-0.15, -0.1) is 12.4 Å². The van der Waals surface area contributed by atoms with E-state index in [0.29, 0.717) is 0 Å². The van der Waals surface area contributed by atoms with Gasteiger partial charge in [-0.2, -0.15) is 0 Å². The highest BCUT2D eigenvalue weighted by Crippen LogP contribution is 2.28. The molecule has 100 valence electrons. The fraction of sp³-hybridized carbons (Fsp3) is 0.250. The van der Waals surface area contributed by atoms with E-state index in [-0.39, 0.29) is 18.4 Å². The average Bonchev–Trinajstić information content (AvgIpc) is 2.63. The predicted octanol–water partition coefficient (Wildman–Crippen LogP) is 3.64. The van der Waals surface area contributed by atoms with E-state index in [9.17, 15) is 0 Å². The molecule has 1 heterocycles. The molecule has 3 rings (SSSR count). The van der Waals surface area contributed by atoms with Crippen LogP contribution in [0.4, 0.5) is 0 Å². The third-order valence-electron chi connectivity index (χ3n) is 3.54. The monoisotopic (exact) mass is 274 g/mol. The highest BCUT2D eigenvalue weighted by Gasteiger charge is 2.08. The summed E-state index contributed by atoms with van der Waals surface area (Å²) >= 11 is 0. The van der Waals surface area contributed by atoms with Crippen LogP contribution in [0.25, 0.3) is 21.8 Å². The zero-order chi connectivity index (χ0) is 12.7. The summed E-state index contributed by atoms with van der Waals surface area (Å²) in [5, 5.41) is 2.64. The summed E-state index contributed by atoms with van der Waals surface area (Å²) in [5.41, 5.74) is 9.75. The SMILES string of the molecule is CC(N)Cc1ccc2c3ccccc3n(C)c2c1.Cl. The van der Waals surface area contributed by atoms with Gasteiger partial charge in [-0.1, -0.05) is 30.3 Å². The second-order valence-electron chi connectivity index (χ2n) is 5.11. The summed E-state index contributed by atoms with van der Waals surface area (Å²) in [6.07, 6.45) is 0.928. The van der Waals surface area contributed by atoms with Crippen molar-refractivity contribution < 1.29 is 0 Å². The molecule has 0 amide bonds. The molecule has 19 heavy (non-hydrogen) atoms. The van der Waals surface area contributed by atoms with Crippen molar-refractivity contribution in [1.82, 2.24) is 4.57 Å². The number of nitrogens with two attached hydrogens (primary N) is 1. The quantitative estimate of drug-likeness (QED) is 0.760. The van der Waals surface area contributed by atoms with Gasteiger partial charge >= 0.3 is 0 Å². The Labute approximate surface area is 119 Å². The van der Waals surface area contributed by atoms with Crippen molar-refractivity contribution in [3.05, 3.63) is 48.0 Å². The summed E-state index contributed by atoms with van der Waals surface area (Å²) in [5.74, 6) is 0. The number of benzene rings is 2. The molecule has 0 saturated heterocycles. The number of para-hydroxylation sites is 1. The maximum atomic E-state index is 5.87. The summed E-state index contributed by atoms with van der Waals surface area (Å²) < 4.78 is 2.26. The molecule has 0 aliphatic rings. The largest absolute Gasteiger partial charge is 0.344 e. The predicted molar refractivity (Wildman–Crippen MR) is 85.0 cm³/mol. The molecular formula is C16H19ClN2. The van der Waals surface area contributed by atoms with Gasteiger partial charge in [-0.25, -0.2) is 0 Å². The molecule has 0 aliphatic carbocycles. The lowest BCUT2D eigenvalue weighted by molar-refractivity contribution is 0.738. The molecule has 1 unspecified atom stereocenters. The Kier molecular flexibility index (Phi) is 3.83. The minimum absolute atomic E-state index is 0. The van der Waals surface area contributed by atoms with E-state index in [4.69, 9.17) is 5.73 Å². The molecule has 3 aromatic rings. The van der Waals surface area contributed by atoms with E-state index in [2.05, 4.69) is 54.1 Å². The van der Waals surface area contributed by atoms with Crippen molar-refractivity contribution in [3.8, 4) is 0 Å². The normalized spacial score (nSPS) is 12.6. The molecule has 0 bridgehead atoms. The minimum Gasteiger partial charge on any atom is -0.344 e. The second-order valence-corrected chi connectivity index (χ2v) is 5.11. The van der Waals surface area contributed by atoms with Crippen LogP contribution >= 0.6 is 12.4 Å². The van der Waals surface area contributed by atoms with Crippen molar-refractivity contribution in [2.45, 2.75) is 19.4 Å². The summed E-state index contributed by atoms with van der Waals surface area (Å²) in [4.78, 5) is 0. The first-order valence-corrected chi connectivity index (χ1v) is 6.38. The van der Waals surface area contributed by atoms with Gasteiger partial charge < -0.3 is 10.3 Å². The van der Waals surface area contributed by atoms with E-state index in [0.717, 1.165) is 6.42 Å². The summed E-state index contributed by atoms with van der Waals surface area (Å²) in [6.45, 7) is 2.05. The van der Waals surface area contributed by atoms with Crippen LogP contribution in [0.5, 0.6) is 0 Å². The van der Waals surface area contributed by atoms with Crippen molar-refractivity contribution in [3.63, 3.8) is 0 Å². The van der Waals surface area contributed by atoms with Crippen LogP contribution in [0.2, 0.25) is 0 Å². The fourth-order valence-electron chi connectivity index (χ4n) is 2.70. The molecule has 0 spiro atoms. The first-order chi connectivity index (χ1) is 8.66. The number of nitrogens with zero attached hydrogens (tertiary/aromatic N) is 1. The lowest BCUT2D eigenvalue weighted by Gasteiger charge is -2.06. The third-order valence-corrected chi connectivity index (χ3v) is 3.54. The molecule has 1 atom stereocenters. The fourth-order valence-corrected chi connectivity index (χ4v) is 2.70. The molecule has 0 fully saturated rings. The lowest BCUT2D eigenvalue weighted by Crippen LogP contribution is -2.17. The van der Waals surface area contributed by atoms with Crippen LogP contribution in [0.1, 0.15) is 12.5 Å². The third kappa shape index (κ3) is 2.34. The van der Waals surface area contributed by atoms with Crippen LogP contribution in [0, 0.1) is 0 Å². The Bertz CT molecular complexity index is 713. The van der Waals surface area contributed by atoms with Gasteiger partial charge in [0.2, 0.25) is 0 Å². The van der Waals surface area contributed by atoms with Crippen molar-refractivity contribution >= 4 is 34.2 Å². The molecule has 2 aromatic carbocycles. The average molecular weight is 275 g/mol. The van der Waals surface area contributed by atoms with Crippen LogP contribution in [0.3, 0.4) is 0 Å². The van der Waals surface area contributed by atoms with Crippen molar-refractivity contribution in [1.29, 1.82) is 0 Å². The highest BCUT2D eigenvalue weighted by molar-refractivity contribution is 6.08. The Morgan fingerprint density at radius 3 is 2.47 bits per heavy atom. The van der Waals surface area contributed by atoms with E-state index >= 15 is 0 Å². The van der Waals surface area contributed by atoms with Crippen LogP contribution in [-0.4, -0.2) is 10.6 Å². The van der Waals surface area contributed by atoms with E-state index < -0.39 is 0 Å². The van der Waals surface area contributed by atoms with Crippen molar-refractivity contribution in [2.75, 3.05) is 0 Å². The van der Waals surface area contributed by atoms with E-state index in [1.165, 1.54) is 27.4 Å². The van der Waals surface area contributed by atoms with Gasteiger partial charge in [0.1, 0.15) is 0 Å². The second kappa shape index (κ2) is 5.24. The number of halogens is 1. The maximum Gasteiger partial charge on any atom is 0.0491 e. The standard InChI is InChI=1S/C16H18N2.ClH/c1-11(17)9-12-7-8-14-13-5-3-4-6-15(13)18(2)16(14)10-12;/h3-8,10-11H,9,17H2,1-2H3;1H. The number of aryl methyl sites for hydroxylation is 1. The Hall–Kier alpha value is -1.51. The van der Waals surface area contributed by atoms with Gasteiger partial charge in [0.25, 0.3) is 0 Å². The lowest BCUT2D eigenvalue weighted by atomic mass is 10.1. The topological polar surface area (TPSA) is 30.9 Å². The Morgan fingerprint density at radius 2 is 1.74 bits per heavy atom. The molecule has 0 aliphatic heterocycles. The maximum absolute atomic E-state index is 5.87. The smallest absolute Gasteiger partial charge is 0.0491 e. The Balaban J connectivity index is 0.00000133. The zero-order valence-corrected chi connectivity index (χ0v) is 12.1. The molecule has 3 heteroatoms. The van der Waals surface area contributed by atoms with Crippen LogP contribution in [0.15, 0.2) is 42.5 Å². The number of hydrogen-bond acceptors (Lipinski definition) is 1. The minimum atomic E-state index is 0. The Morgan fingerprint density at radius 1 is 1.05 bits per heavy atom. The summed E-state index contributed by atoms with van der Waals surface area (Å²) in [7, 11) is 2.13. The highest BCUT2D eigenvalue weighted by atomic mass is 35.5. The number of hydrogen-bond donors (Lipinski definition) is 1. The molecular weight excluding hydrogens is 256 g/mol. The number of rotatable bonds is 2. The first kappa shape index (κ1) is 13.9. The zero-order valence-electron chi connectivity index (χ0n) is 11.3. The number of aromatic nitrogens is 1. The van der Waals surface area contributed by atoms with Crippen LogP contribution in [-0.2, 0) is 13.5 Å². The molecule has 0 radical (unpaired) electrons. The van der Waals surface area contributed by atoms with E-state index in [1.54, 1.807) is 0 Å². The van der Waals surface area contributed by atoms with Crippen LogP contribution < -0.4 is 5.73 Å². The first-order valence-electron chi connectivity index (χ1n) is 6.38. The summed E-state index contributed by atoms with van der Waals surface area (Å²) in [6, 6.07) is 15.4. The molecule has 2 N–H and O–H groups in total. The van der Waals surface area contributed by atoms with Gasteiger partial charge in [0.05, 0.1) is 0 Å². The van der Waals surface area contributed by atoms with Crippen molar-refractivity contribution in [2.24, 2.45) is 12.8 Å². The van der Waals surface area contributed by atoms with Gasteiger partial charge in [0.15, 0.2) is 0 Å².